The van der Waals surface area contributed by atoms with Crippen LogP contribution in [-0.2, 0) is 0 Å². The number of thiazole rings is 1. The highest BCUT2D eigenvalue weighted by atomic mass is 32.1. The molecule has 0 saturated heterocycles. The van der Waals surface area contributed by atoms with Crippen LogP contribution in [0.4, 0.5) is 5.13 Å². The van der Waals surface area contributed by atoms with E-state index in [0.717, 1.165) is 16.0 Å². The van der Waals surface area contributed by atoms with E-state index < -0.39 is 0 Å². The van der Waals surface area contributed by atoms with Gasteiger partial charge in [-0.05, 0) is 30.3 Å². The molecule has 5 nitrogen and oxygen atoms in total. The number of carbonyl (C=O) groups excluding carboxylic acids is 1. The number of hydrogen-bond donors (Lipinski definition) is 2. The highest BCUT2D eigenvalue weighted by Crippen LogP contribution is 2.28. The van der Waals surface area contributed by atoms with Crippen molar-refractivity contribution < 1.29 is 9.53 Å². The Balaban J connectivity index is 1.72. The van der Waals surface area contributed by atoms with Crippen LogP contribution < -0.4 is 15.6 Å². The van der Waals surface area contributed by atoms with Crippen molar-refractivity contribution in [2.75, 3.05) is 12.5 Å². The Morgan fingerprint density at radius 3 is 2.76 bits per heavy atom. The second kappa shape index (κ2) is 5.80. The molecule has 0 aliphatic heterocycles. The van der Waals surface area contributed by atoms with Crippen LogP contribution in [0.5, 0.6) is 5.75 Å². The van der Waals surface area contributed by atoms with Gasteiger partial charge in [0.05, 0.1) is 17.3 Å². The highest BCUT2D eigenvalue weighted by Gasteiger charge is 2.07. The lowest BCUT2D eigenvalue weighted by molar-refractivity contribution is 0.0962. The fourth-order valence-electron chi connectivity index (χ4n) is 1.86. The smallest absolute Gasteiger partial charge is 0.269 e. The van der Waals surface area contributed by atoms with Crippen LogP contribution in [0, 0.1) is 0 Å². The van der Waals surface area contributed by atoms with Crippen molar-refractivity contribution >= 4 is 32.6 Å². The molecule has 1 heterocycles. The van der Waals surface area contributed by atoms with Gasteiger partial charge in [-0.15, -0.1) is 0 Å². The van der Waals surface area contributed by atoms with Crippen molar-refractivity contribution in [2.45, 2.75) is 0 Å². The third-order valence-electron chi connectivity index (χ3n) is 2.91. The van der Waals surface area contributed by atoms with Crippen molar-refractivity contribution in [1.82, 2.24) is 10.4 Å². The molecule has 1 aromatic heterocycles. The number of anilines is 1. The van der Waals surface area contributed by atoms with Gasteiger partial charge in [-0.2, -0.15) is 0 Å². The average Bonchev–Trinajstić information content (AvgIpc) is 2.95. The maximum Gasteiger partial charge on any atom is 0.269 e. The number of fused-ring (bicyclic) bond motifs is 1. The van der Waals surface area contributed by atoms with Gasteiger partial charge >= 0.3 is 0 Å². The Morgan fingerprint density at radius 2 is 2.00 bits per heavy atom. The molecule has 0 saturated carbocycles. The number of rotatable bonds is 4. The number of benzene rings is 2. The Hall–Kier alpha value is -2.60. The van der Waals surface area contributed by atoms with E-state index in [4.69, 9.17) is 4.74 Å². The molecule has 0 bridgehead atoms. The first-order chi connectivity index (χ1) is 10.3. The number of methoxy groups -OCH3 is 1. The second-order valence-electron chi connectivity index (χ2n) is 4.30. The van der Waals surface area contributed by atoms with Crippen LogP contribution in [0.25, 0.3) is 10.2 Å². The monoisotopic (exact) mass is 299 g/mol. The molecule has 0 fully saturated rings. The van der Waals surface area contributed by atoms with Crippen molar-refractivity contribution in [3.05, 3.63) is 54.1 Å². The third kappa shape index (κ3) is 2.95. The van der Waals surface area contributed by atoms with E-state index in [1.807, 2.05) is 36.4 Å². The number of ether oxygens (including phenoxy) is 1. The fourth-order valence-corrected chi connectivity index (χ4v) is 2.71. The topological polar surface area (TPSA) is 63.2 Å². The molecule has 0 aliphatic rings. The summed E-state index contributed by atoms with van der Waals surface area (Å²) in [4.78, 5) is 16.3. The first-order valence-corrected chi connectivity index (χ1v) is 7.14. The maximum atomic E-state index is 11.9. The predicted octanol–water partition coefficient (Wildman–Crippen LogP) is 3.06. The van der Waals surface area contributed by atoms with E-state index in [9.17, 15) is 4.79 Å². The van der Waals surface area contributed by atoms with Gasteiger partial charge in [0, 0.05) is 5.56 Å². The highest BCUT2D eigenvalue weighted by molar-refractivity contribution is 7.22. The van der Waals surface area contributed by atoms with Crippen molar-refractivity contribution in [3.63, 3.8) is 0 Å². The van der Waals surface area contributed by atoms with E-state index >= 15 is 0 Å². The summed E-state index contributed by atoms with van der Waals surface area (Å²) in [6.45, 7) is 0. The summed E-state index contributed by atoms with van der Waals surface area (Å²) in [5, 5.41) is 0.627. The van der Waals surface area contributed by atoms with Crippen molar-refractivity contribution in [2.24, 2.45) is 0 Å². The predicted molar refractivity (Wildman–Crippen MR) is 83.7 cm³/mol. The Labute approximate surface area is 125 Å². The molecule has 6 heteroatoms. The van der Waals surface area contributed by atoms with E-state index in [-0.39, 0.29) is 5.91 Å². The first-order valence-electron chi connectivity index (χ1n) is 6.32. The first kappa shape index (κ1) is 13.4. The summed E-state index contributed by atoms with van der Waals surface area (Å²) in [5.74, 6) is 0.582. The minimum absolute atomic E-state index is 0.201. The molecule has 2 aromatic carbocycles. The minimum atomic E-state index is -0.201. The lowest BCUT2D eigenvalue weighted by Crippen LogP contribution is -2.29. The molecule has 0 spiro atoms. The molecule has 21 heavy (non-hydrogen) atoms. The molecule has 1 amide bonds. The quantitative estimate of drug-likeness (QED) is 0.727. The fraction of sp³-hybridized carbons (Fsp3) is 0.0667. The van der Waals surface area contributed by atoms with Gasteiger partial charge in [-0.3, -0.25) is 15.6 Å². The number of amides is 1. The van der Waals surface area contributed by atoms with Crippen LogP contribution >= 0.6 is 11.3 Å². The summed E-state index contributed by atoms with van der Waals surface area (Å²) in [6, 6.07) is 14.7. The molecule has 0 aliphatic carbocycles. The Kier molecular flexibility index (Phi) is 3.70. The van der Waals surface area contributed by atoms with Crippen LogP contribution in [0.2, 0.25) is 0 Å². The second-order valence-corrected chi connectivity index (χ2v) is 5.33. The molecule has 2 N–H and O–H groups in total. The van der Waals surface area contributed by atoms with Crippen LogP contribution in [-0.4, -0.2) is 18.0 Å². The lowest BCUT2D eigenvalue weighted by atomic mass is 10.2. The van der Waals surface area contributed by atoms with Gasteiger partial charge in [0.25, 0.3) is 5.91 Å². The molecule has 0 atom stereocenters. The van der Waals surface area contributed by atoms with Crippen LogP contribution in [0.1, 0.15) is 10.4 Å². The maximum absolute atomic E-state index is 11.9. The van der Waals surface area contributed by atoms with Crippen LogP contribution in [0.15, 0.2) is 48.5 Å². The molecule has 3 rings (SSSR count). The Bertz CT molecular complexity index is 771. The summed E-state index contributed by atoms with van der Waals surface area (Å²) in [6.07, 6.45) is 0. The van der Waals surface area contributed by atoms with E-state index in [2.05, 4.69) is 15.8 Å². The molecular formula is C15H13N3O2S. The van der Waals surface area contributed by atoms with Gasteiger partial charge in [0.1, 0.15) is 5.75 Å². The standard InChI is InChI=1S/C15H13N3O2S/c1-20-11-7-8-12-13(9-11)21-15(16-12)18-17-14(19)10-5-3-2-4-6-10/h2-9H,1H3,(H,16,18)(H,17,19). The number of carbonyl (C=O) groups is 1. The van der Waals surface area contributed by atoms with E-state index in [1.54, 1.807) is 19.2 Å². The number of hydrazine groups is 1. The third-order valence-corrected chi connectivity index (χ3v) is 3.85. The molecular weight excluding hydrogens is 286 g/mol. The molecule has 106 valence electrons. The number of nitrogens with zero attached hydrogens (tertiary/aromatic N) is 1. The summed E-state index contributed by atoms with van der Waals surface area (Å²) in [7, 11) is 1.63. The average molecular weight is 299 g/mol. The van der Waals surface area contributed by atoms with Crippen LogP contribution in [0.3, 0.4) is 0 Å². The zero-order chi connectivity index (χ0) is 14.7. The molecule has 0 radical (unpaired) electrons. The zero-order valence-electron chi connectivity index (χ0n) is 11.3. The van der Waals surface area contributed by atoms with Gasteiger partial charge in [0.2, 0.25) is 5.13 Å². The largest absolute Gasteiger partial charge is 0.497 e. The Morgan fingerprint density at radius 1 is 1.19 bits per heavy atom. The summed E-state index contributed by atoms with van der Waals surface area (Å²) >= 11 is 1.45. The lowest BCUT2D eigenvalue weighted by Gasteiger charge is -2.04. The van der Waals surface area contributed by atoms with Gasteiger partial charge in [0.15, 0.2) is 0 Å². The summed E-state index contributed by atoms with van der Waals surface area (Å²) in [5.41, 5.74) is 6.92. The zero-order valence-corrected chi connectivity index (χ0v) is 12.1. The van der Waals surface area contributed by atoms with Gasteiger partial charge in [-0.1, -0.05) is 29.5 Å². The number of hydrogen-bond acceptors (Lipinski definition) is 5. The van der Waals surface area contributed by atoms with Crippen molar-refractivity contribution in [1.29, 1.82) is 0 Å². The van der Waals surface area contributed by atoms with E-state index in [1.165, 1.54) is 11.3 Å². The van der Waals surface area contributed by atoms with Gasteiger partial charge < -0.3 is 4.74 Å². The summed E-state index contributed by atoms with van der Waals surface area (Å²) < 4.78 is 6.17. The minimum Gasteiger partial charge on any atom is -0.497 e. The number of nitrogens with one attached hydrogen (secondary N) is 2. The van der Waals surface area contributed by atoms with E-state index in [0.29, 0.717) is 10.7 Å². The molecule has 3 aromatic rings. The molecule has 0 unspecified atom stereocenters. The van der Waals surface area contributed by atoms with Crippen molar-refractivity contribution in [3.8, 4) is 5.75 Å². The van der Waals surface area contributed by atoms with Gasteiger partial charge in [-0.25, -0.2) is 4.98 Å². The normalized spacial score (nSPS) is 10.3. The SMILES string of the molecule is COc1ccc2nc(NNC(=O)c3ccccc3)sc2c1. The number of aromatic nitrogens is 1.